The predicted molar refractivity (Wildman–Crippen MR) is 103 cm³/mol. The zero-order valence-corrected chi connectivity index (χ0v) is 16.2. The van der Waals surface area contributed by atoms with Crippen LogP contribution in [0.15, 0.2) is 53.4 Å². The summed E-state index contributed by atoms with van der Waals surface area (Å²) in [6.07, 6.45) is 0.819. The minimum absolute atomic E-state index is 0.187. The van der Waals surface area contributed by atoms with Crippen LogP contribution in [0.25, 0.3) is 0 Å². The fourth-order valence-electron chi connectivity index (χ4n) is 3.34. The van der Waals surface area contributed by atoms with Gasteiger partial charge in [0.2, 0.25) is 15.9 Å². The molecule has 0 radical (unpaired) electrons. The fourth-order valence-corrected chi connectivity index (χ4v) is 4.92. The van der Waals surface area contributed by atoms with E-state index < -0.39 is 16.1 Å². The average Bonchev–Trinajstić information content (AvgIpc) is 2.64. The molecular formula is C20H24N2O3S. The lowest BCUT2D eigenvalue weighted by Crippen LogP contribution is -2.57. The van der Waals surface area contributed by atoms with E-state index in [1.807, 2.05) is 38.1 Å². The maximum atomic E-state index is 13.0. The highest BCUT2D eigenvalue weighted by Gasteiger charge is 2.39. The van der Waals surface area contributed by atoms with Crippen molar-refractivity contribution < 1.29 is 13.2 Å². The van der Waals surface area contributed by atoms with Crippen LogP contribution >= 0.6 is 0 Å². The van der Waals surface area contributed by atoms with E-state index in [4.69, 9.17) is 0 Å². The number of hydrogen-bond donors (Lipinski definition) is 0. The van der Waals surface area contributed by atoms with Gasteiger partial charge in [0.1, 0.15) is 6.04 Å². The normalized spacial score (nSPS) is 19.0. The van der Waals surface area contributed by atoms with E-state index in [0.717, 1.165) is 23.2 Å². The second kappa shape index (κ2) is 7.21. The first kappa shape index (κ1) is 18.6. The maximum Gasteiger partial charge on any atom is 0.245 e. The monoisotopic (exact) mass is 372 g/mol. The van der Waals surface area contributed by atoms with E-state index >= 15 is 0 Å². The topological polar surface area (TPSA) is 57.7 Å². The summed E-state index contributed by atoms with van der Waals surface area (Å²) in [4.78, 5) is 14.9. The second-order valence-electron chi connectivity index (χ2n) is 6.58. The number of nitrogens with zero attached hydrogens (tertiary/aromatic N) is 2. The molecule has 5 nitrogen and oxygen atoms in total. The van der Waals surface area contributed by atoms with E-state index in [1.165, 1.54) is 4.31 Å². The summed E-state index contributed by atoms with van der Waals surface area (Å²) in [5, 5.41) is 0. The van der Waals surface area contributed by atoms with Gasteiger partial charge in [0, 0.05) is 18.8 Å². The van der Waals surface area contributed by atoms with Crippen LogP contribution in [0.1, 0.15) is 25.0 Å². The Balaban J connectivity index is 1.89. The molecule has 1 atom stereocenters. The Morgan fingerprint density at radius 3 is 2.35 bits per heavy atom. The van der Waals surface area contributed by atoms with E-state index in [-0.39, 0.29) is 17.3 Å². The highest BCUT2D eigenvalue weighted by molar-refractivity contribution is 7.89. The standard InChI is InChI=1S/C20H24N2O3S/c1-4-17-7-5-6-8-19(17)21-13-14-22(16(3)20(21)23)26(24,25)18-11-9-15(2)10-12-18/h5-12,16H,4,13-14H2,1-3H3. The lowest BCUT2D eigenvalue weighted by Gasteiger charge is -2.38. The number of rotatable bonds is 4. The maximum absolute atomic E-state index is 13.0. The molecule has 0 aromatic heterocycles. The van der Waals surface area contributed by atoms with E-state index in [9.17, 15) is 13.2 Å². The van der Waals surface area contributed by atoms with Crippen molar-refractivity contribution in [2.75, 3.05) is 18.0 Å². The van der Waals surface area contributed by atoms with Crippen LogP contribution in [0.3, 0.4) is 0 Å². The van der Waals surface area contributed by atoms with Crippen molar-refractivity contribution in [3.8, 4) is 0 Å². The molecule has 138 valence electrons. The molecule has 3 rings (SSSR count). The molecule has 2 aromatic carbocycles. The molecular weight excluding hydrogens is 348 g/mol. The molecule has 1 amide bonds. The number of piperazine rings is 1. The largest absolute Gasteiger partial charge is 0.309 e. The Morgan fingerprint density at radius 2 is 1.69 bits per heavy atom. The molecule has 1 aliphatic rings. The van der Waals surface area contributed by atoms with Gasteiger partial charge in [-0.25, -0.2) is 8.42 Å². The molecule has 26 heavy (non-hydrogen) atoms. The number of benzene rings is 2. The van der Waals surface area contributed by atoms with E-state index in [1.54, 1.807) is 36.1 Å². The smallest absolute Gasteiger partial charge is 0.245 e. The molecule has 0 bridgehead atoms. The van der Waals surface area contributed by atoms with Crippen LogP contribution < -0.4 is 4.90 Å². The first-order chi connectivity index (χ1) is 12.4. The van der Waals surface area contributed by atoms with Crippen molar-refractivity contribution >= 4 is 21.6 Å². The van der Waals surface area contributed by atoms with Crippen LogP contribution in [-0.4, -0.2) is 37.8 Å². The number of aryl methyl sites for hydroxylation is 2. The molecule has 1 heterocycles. The summed E-state index contributed by atoms with van der Waals surface area (Å²) in [6.45, 7) is 6.25. The molecule has 6 heteroatoms. The van der Waals surface area contributed by atoms with Gasteiger partial charge in [0.25, 0.3) is 0 Å². The Morgan fingerprint density at radius 1 is 1.04 bits per heavy atom. The number of amides is 1. The highest BCUT2D eigenvalue weighted by atomic mass is 32.2. The number of para-hydroxylation sites is 1. The van der Waals surface area contributed by atoms with Gasteiger partial charge in [-0.1, -0.05) is 42.8 Å². The zero-order chi connectivity index (χ0) is 18.9. The van der Waals surface area contributed by atoms with Crippen molar-refractivity contribution in [1.29, 1.82) is 0 Å². The summed E-state index contributed by atoms with van der Waals surface area (Å²) in [6, 6.07) is 13.8. The molecule has 0 saturated carbocycles. The van der Waals surface area contributed by atoms with Gasteiger partial charge in [0.05, 0.1) is 4.90 Å². The quantitative estimate of drug-likeness (QED) is 0.829. The Bertz CT molecular complexity index is 907. The summed E-state index contributed by atoms with van der Waals surface area (Å²) >= 11 is 0. The average molecular weight is 372 g/mol. The summed E-state index contributed by atoms with van der Waals surface area (Å²) in [5.41, 5.74) is 2.95. The van der Waals surface area contributed by atoms with Gasteiger partial charge in [-0.15, -0.1) is 0 Å². The predicted octanol–water partition coefficient (Wildman–Crippen LogP) is 2.98. The van der Waals surface area contributed by atoms with Crippen LogP contribution in [0.2, 0.25) is 0 Å². The van der Waals surface area contributed by atoms with Gasteiger partial charge in [-0.2, -0.15) is 4.31 Å². The summed E-state index contributed by atoms with van der Waals surface area (Å²) in [5.74, 6) is -0.187. The Hall–Kier alpha value is -2.18. The molecule has 1 saturated heterocycles. The van der Waals surface area contributed by atoms with Crippen LogP contribution in [0.4, 0.5) is 5.69 Å². The van der Waals surface area contributed by atoms with Gasteiger partial charge in [-0.3, -0.25) is 4.79 Å². The van der Waals surface area contributed by atoms with Crippen molar-refractivity contribution in [2.24, 2.45) is 0 Å². The van der Waals surface area contributed by atoms with Crippen molar-refractivity contribution in [3.05, 3.63) is 59.7 Å². The number of sulfonamides is 1. The minimum atomic E-state index is -3.70. The van der Waals surface area contributed by atoms with E-state index in [2.05, 4.69) is 0 Å². The SMILES string of the molecule is CCc1ccccc1N1CCN(S(=O)(=O)c2ccc(C)cc2)C(C)C1=O. The lowest BCUT2D eigenvalue weighted by molar-refractivity contribution is -0.123. The third-order valence-corrected chi connectivity index (χ3v) is 6.87. The van der Waals surface area contributed by atoms with Crippen LogP contribution in [-0.2, 0) is 21.2 Å². The number of anilines is 1. The molecule has 1 unspecified atom stereocenters. The number of carbonyl (C=O) groups excluding carboxylic acids is 1. The van der Waals surface area contributed by atoms with Crippen molar-refractivity contribution in [2.45, 2.75) is 38.1 Å². The highest BCUT2D eigenvalue weighted by Crippen LogP contribution is 2.28. The van der Waals surface area contributed by atoms with Crippen LogP contribution in [0.5, 0.6) is 0 Å². The Kier molecular flexibility index (Phi) is 5.16. The third-order valence-electron chi connectivity index (χ3n) is 4.89. The fraction of sp³-hybridized carbons (Fsp3) is 0.350. The Labute approximate surface area is 155 Å². The molecule has 1 aliphatic heterocycles. The van der Waals surface area contributed by atoms with Crippen molar-refractivity contribution in [3.63, 3.8) is 0 Å². The minimum Gasteiger partial charge on any atom is -0.309 e. The third kappa shape index (κ3) is 3.27. The zero-order valence-electron chi connectivity index (χ0n) is 15.3. The van der Waals surface area contributed by atoms with Gasteiger partial charge >= 0.3 is 0 Å². The summed E-state index contributed by atoms with van der Waals surface area (Å²) < 4.78 is 27.3. The first-order valence-corrected chi connectivity index (χ1v) is 10.3. The van der Waals surface area contributed by atoms with Gasteiger partial charge in [-0.05, 0) is 44.0 Å². The van der Waals surface area contributed by atoms with Crippen molar-refractivity contribution in [1.82, 2.24) is 4.31 Å². The first-order valence-electron chi connectivity index (χ1n) is 8.84. The van der Waals surface area contributed by atoms with Crippen LogP contribution in [0, 0.1) is 6.92 Å². The molecule has 1 fully saturated rings. The second-order valence-corrected chi connectivity index (χ2v) is 8.47. The molecule has 2 aromatic rings. The molecule has 0 aliphatic carbocycles. The van der Waals surface area contributed by atoms with Gasteiger partial charge < -0.3 is 4.90 Å². The molecule has 0 N–H and O–H groups in total. The van der Waals surface area contributed by atoms with E-state index in [0.29, 0.717) is 6.54 Å². The molecule has 0 spiro atoms. The summed E-state index contributed by atoms with van der Waals surface area (Å²) in [7, 11) is -3.70. The lowest BCUT2D eigenvalue weighted by atomic mass is 10.1. The number of hydrogen-bond acceptors (Lipinski definition) is 3. The number of carbonyl (C=O) groups is 1. The van der Waals surface area contributed by atoms with Gasteiger partial charge in [0.15, 0.2) is 0 Å².